The van der Waals surface area contributed by atoms with E-state index in [1.807, 2.05) is 20.8 Å². The number of carbonyl (C=O) groups is 1. The molecule has 0 saturated carbocycles. The Morgan fingerprint density at radius 2 is 2.00 bits per heavy atom. The summed E-state index contributed by atoms with van der Waals surface area (Å²) >= 11 is 0. The predicted octanol–water partition coefficient (Wildman–Crippen LogP) is 2.81. The standard InChI is InChI=1S/C11H22O2/c1-6-8-11(4,9(3)13-5)10(12)7-2/h9H,6-8H2,1-5H3. The number of ether oxygens (including phenoxy) is 1. The number of hydrogen-bond acceptors (Lipinski definition) is 2. The van der Waals surface area contributed by atoms with Crippen LogP contribution >= 0.6 is 0 Å². The first-order valence-electron chi connectivity index (χ1n) is 5.09. The van der Waals surface area contributed by atoms with E-state index >= 15 is 0 Å². The third-order valence-electron chi connectivity index (χ3n) is 2.98. The number of rotatable bonds is 6. The third kappa shape index (κ3) is 2.80. The minimum Gasteiger partial charge on any atom is -0.381 e. The molecular formula is C11H22O2. The Bertz CT molecular complexity index is 165. The first-order chi connectivity index (χ1) is 6.02. The van der Waals surface area contributed by atoms with Gasteiger partial charge in [0.05, 0.1) is 11.5 Å². The second-order valence-electron chi connectivity index (χ2n) is 3.82. The molecule has 2 nitrogen and oxygen atoms in total. The summed E-state index contributed by atoms with van der Waals surface area (Å²) < 4.78 is 5.27. The molecule has 78 valence electrons. The molecule has 2 atom stereocenters. The monoisotopic (exact) mass is 186 g/mol. The average molecular weight is 186 g/mol. The molecule has 0 rings (SSSR count). The molecule has 0 aromatic rings. The maximum absolute atomic E-state index is 11.7. The van der Waals surface area contributed by atoms with Crippen LogP contribution in [0.15, 0.2) is 0 Å². The normalized spacial score (nSPS) is 17.9. The fourth-order valence-electron chi connectivity index (χ4n) is 1.75. The quantitative estimate of drug-likeness (QED) is 0.637. The first kappa shape index (κ1) is 12.6. The van der Waals surface area contributed by atoms with E-state index in [1.165, 1.54) is 0 Å². The number of carbonyl (C=O) groups excluding carboxylic acids is 1. The van der Waals surface area contributed by atoms with Gasteiger partial charge in [-0.15, -0.1) is 0 Å². The van der Waals surface area contributed by atoms with E-state index in [4.69, 9.17) is 4.74 Å². The summed E-state index contributed by atoms with van der Waals surface area (Å²) in [6, 6.07) is 0. The lowest BCUT2D eigenvalue weighted by Gasteiger charge is -2.32. The predicted molar refractivity (Wildman–Crippen MR) is 54.8 cm³/mol. The van der Waals surface area contributed by atoms with Gasteiger partial charge in [0.25, 0.3) is 0 Å². The Labute approximate surface area is 81.7 Å². The van der Waals surface area contributed by atoms with Crippen molar-refractivity contribution < 1.29 is 9.53 Å². The van der Waals surface area contributed by atoms with Crippen molar-refractivity contribution in [3.63, 3.8) is 0 Å². The number of Topliss-reactive ketones (excluding diaryl/α,β-unsaturated/α-hetero) is 1. The van der Waals surface area contributed by atoms with E-state index in [9.17, 15) is 4.79 Å². The Morgan fingerprint density at radius 1 is 1.46 bits per heavy atom. The lowest BCUT2D eigenvalue weighted by molar-refractivity contribution is -0.135. The summed E-state index contributed by atoms with van der Waals surface area (Å²) in [6.45, 7) is 8.00. The van der Waals surface area contributed by atoms with Crippen LogP contribution in [0.25, 0.3) is 0 Å². The van der Waals surface area contributed by atoms with Gasteiger partial charge in [-0.05, 0) is 13.3 Å². The van der Waals surface area contributed by atoms with Gasteiger partial charge in [0.1, 0.15) is 5.78 Å². The molecule has 0 aromatic carbocycles. The SMILES string of the molecule is CCCC(C)(C(=O)CC)C(C)OC. The molecule has 0 spiro atoms. The van der Waals surface area contributed by atoms with E-state index in [-0.39, 0.29) is 11.5 Å². The molecule has 0 fully saturated rings. The Balaban J connectivity index is 4.60. The highest BCUT2D eigenvalue weighted by Crippen LogP contribution is 2.31. The minimum atomic E-state index is -0.293. The summed E-state index contributed by atoms with van der Waals surface area (Å²) in [4.78, 5) is 11.7. The zero-order chi connectivity index (χ0) is 10.5. The van der Waals surface area contributed by atoms with Crippen molar-refractivity contribution in [1.82, 2.24) is 0 Å². The van der Waals surface area contributed by atoms with Crippen LogP contribution in [-0.2, 0) is 9.53 Å². The van der Waals surface area contributed by atoms with Crippen LogP contribution in [0.4, 0.5) is 0 Å². The largest absolute Gasteiger partial charge is 0.381 e. The molecule has 2 heteroatoms. The van der Waals surface area contributed by atoms with Crippen molar-refractivity contribution in [2.75, 3.05) is 7.11 Å². The Kier molecular flexibility index (Phi) is 5.23. The van der Waals surface area contributed by atoms with Crippen LogP contribution in [0.5, 0.6) is 0 Å². The molecule has 0 N–H and O–H groups in total. The van der Waals surface area contributed by atoms with E-state index in [1.54, 1.807) is 7.11 Å². The molecule has 0 saturated heterocycles. The maximum atomic E-state index is 11.7. The molecule has 0 amide bonds. The lowest BCUT2D eigenvalue weighted by atomic mass is 9.76. The number of hydrogen-bond donors (Lipinski definition) is 0. The van der Waals surface area contributed by atoms with Gasteiger partial charge in [0, 0.05) is 13.5 Å². The van der Waals surface area contributed by atoms with E-state index in [0.717, 1.165) is 12.8 Å². The van der Waals surface area contributed by atoms with E-state index < -0.39 is 0 Å². The third-order valence-corrected chi connectivity index (χ3v) is 2.98. The van der Waals surface area contributed by atoms with Gasteiger partial charge >= 0.3 is 0 Å². The van der Waals surface area contributed by atoms with Gasteiger partial charge in [-0.1, -0.05) is 27.2 Å². The topological polar surface area (TPSA) is 26.3 Å². The summed E-state index contributed by atoms with van der Waals surface area (Å²) in [5.74, 6) is 0.309. The summed E-state index contributed by atoms with van der Waals surface area (Å²) in [5, 5.41) is 0. The zero-order valence-corrected chi connectivity index (χ0v) is 9.52. The van der Waals surface area contributed by atoms with E-state index in [0.29, 0.717) is 12.2 Å². The van der Waals surface area contributed by atoms with Gasteiger partial charge in [-0.3, -0.25) is 4.79 Å². The van der Waals surface area contributed by atoms with Crippen LogP contribution in [0.1, 0.15) is 47.0 Å². The fourth-order valence-corrected chi connectivity index (χ4v) is 1.75. The minimum absolute atomic E-state index is 0.0138. The van der Waals surface area contributed by atoms with Crippen molar-refractivity contribution in [2.24, 2.45) is 5.41 Å². The Morgan fingerprint density at radius 3 is 2.31 bits per heavy atom. The molecule has 0 radical (unpaired) electrons. The molecule has 0 aliphatic carbocycles. The second kappa shape index (κ2) is 5.38. The Hall–Kier alpha value is -0.370. The van der Waals surface area contributed by atoms with Crippen LogP contribution < -0.4 is 0 Å². The smallest absolute Gasteiger partial charge is 0.141 e. The lowest BCUT2D eigenvalue weighted by Crippen LogP contribution is -2.39. The molecule has 0 aliphatic rings. The van der Waals surface area contributed by atoms with Crippen LogP contribution in [0.2, 0.25) is 0 Å². The van der Waals surface area contributed by atoms with Crippen LogP contribution in [-0.4, -0.2) is 19.0 Å². The fraction of sp³-hybridized carbons (Fsp3) is 0.909. The molecule has 13 heavy (non-hydrogen) atoms. The molecular weight excluding hydrogens is 164 g/mol. The highest BCUT2D eigenvalue weighted by molar-refractivity contribution is 5.84. The first-order valence-corrected chi connectivity index (χ1v) is 5.09. The van der Waals surface area contributed by atoms with Gasteiger partial charge in [-0.2, -0.15) is 0 Å². The molecule has 0 heterocycles. The summed E-state index contributed by atoms with van der Waals surface area (Å²) in [5.41, 5.74) is -0.293. The van der Waals surface area contributed by atoms with Crippen molar-refractivity contribution in [3.05, 3.63) is 0 Å². The molecule has 0 aliphatic heterocycles. The van der Waals surface area contributed by atoms with Crippen LogP contribution in [0.3, 0.4) is 0 Å². The highest BCUT2D eigenvalue weighted by Gasteiger charge is 2.36. The molecule has 2 unspecified atom stereocenters. The number of methoxy groups -OCH3 is 1. The van der Waals surface area contributed by atoms with Crippen molar-refractivity contribution in [3.8, 4) is 0 Å². The zero-order valence-electron chi connectivity index (χ0n) is 9.52. The average Bonchev–Trinajstić information content (AvgIpc) is 2.15. The summed E-state index contributed by atoms with van der Waals surface area (Å²) in [7, 11) is 1.67. The van der Waals surface area contributed by atoms with Gasteiger partial charge in [-0.25, -0.2) is 0 Å². The number of ketones is 1. The van der Waals surface area contributed by atoms with Crippen molar-refractivity contribution in [2.45, 2.75) is 53.1 Å². The van der Waals surface area contributed by atoms with Gasteiger partial charge < -0.3 is 4.74 Å². The van der Waals surface area contributed by atoms with Crippen LogP contribution in [0, 0.1) is 5.41 Å². The highest BCUT2D eigenvalue weighted by atomic mass is 16.5. The van der Waals surface area contributed by atoms with Crippen molar-refractivity contribution in [1.29, 1.82) is 0 Å². The van der Waals surface area contributed by atoms with Crippen molar-refractivity contribution >= 4 is 5.78 Å². The molecule has 0 aromatic heterocycles. The van der Waals surface area contributed by atoms with Gasteiger partial charge in [0.15, 0.2) is 0 Å². The van der Waals surface area contributed by atoms with Gasteiger partial charge in [0.2, 0.25) is 0 Å². The van der Waals surface area contributed by atoms with E-state index in [2.05, 4.69) is 6.92 Å². The summed E-state index contributed by atoms with van der Waals surface area (Å²) in [6.07, 6.45) is 2.55. The molecule has 0 bridgehead atoms. The maximum Gasteiger partial charge on any atom is 0.141 e. The second-order valence-corrected chi connectivity index (χ2v) is 3.82.